The van der Waals surface area contributed by atoms with Gasteiger partial charge in [-0.3, -0.25) is 4.79 Å². The van der Waals surface area contributed by atoms with E-state index in [0.29, 0.717) is 5.56 Å². The Kier molecular flexibility index (Phi) is 7.14. The number of sulfonamides is 1. The molecule has 10 heteroatoms. The number of benzene rings is 2. The number of anilines is 1. The van der Waals surface area contributed by atoms with Gasteiger partial charge in [-0.05, 0) is 35.9 Å². The Balaban J connectivity index is 2.02. The van der Waals surface area contributed by atoms with E-state index < -0.39 is 28.5 Å². The molecular formula is C18H19ClN2O6S. The smallest absolute Gasteiger partial charge is 0.338 e. The molecular weight excluding hydrogens is 408 g/mol. The average molecular weight is 427 g/mol. The van der Waals surface area contributed by atoms with Crippen LogP contribution in [0.15, 0.2) is 47.4 Å². The molecule has 2 aromatic carbocycles. The molecule has 2 rings (SSSR count). The Labute approximate surface area is 167 Å². The van der Waals surface area contributed by atoms with Crippen molar-refractivity contribution < 1.29 is 27.9 Å². The Morgan fingerprint density at radius 3 is 2.36 bits per heavy atom. The van der Waals surface area contributed by atoms with Crippen LogP contribution in [0.3, 0.4) is 0 Å². The zero-order chi connectivity index (χ0) is 20.9. The van der Waals surface area contributed by atoms with Crippen molar-refractivity contribution >= 4 is 39.2 Å². The molecule has 2 N–H and O–H groups in total. The first-order valence-electron chi connectivity index (χ1n) is 8.04. The molecule has 150 valence electrons. The van der Waals surface area contributed by atoms with Gasteiger partial charge in [0.05, 0.1) is 17.2 Å². The highest BCUT2D eigenvalue weighted by atomic mass is 35.5. The van der Waals surface area contributed by atoms with E-state index in [0.717, 1.165) is 4.31 Å². The second-order valence-electron chi connectivity index (χ2n) is 5.91. The Hall–Kier alpha value is -2.46. The average Bonchev–Trinajstić information content (AvgIpc) is 2.67. The molecule has 0 aliphatic heterocycles. The molecule has 0 aliphatic rings. The van der Waals surface area contributed by atoms with Crippen LogP contribution < -0.4 is 5.32 Å². The van der Waals surface area contributed by atoms with Crippen molar-refractivity contribution in [3.63, 3.8) is 0 Å². The normalized spacial score (nSPS) is 11.3. The highest BCUT2D eigenvalue weighted by Crippen LogP contribution is 2.26. The number of ether oxygens (including phenoxy) is 1. The van der Waals surface area contributed by atoms with Crippen LogP contribution >= 0.6 is 11.6 Å². The van der Waals surface area contributed by atoms with Crippen molar-refractivity contribution in [3.8, 4) is 0 Å². The third kappa shape index (κ3) is 5.29. The van der Waals surface area contributed by atoms with Gasteiger partial charge in [0.2, 0.25) is 10.0 Å². The molecule has 0 aromatic heterocycles. The number of carbonyl (C=O) groups excluding carboxylic acids is 2. The third-order valence-electron chi connectivity index (χ3n) is 3.68. The number of nitrogens with one attached hydrogen (secondary N) is 1. The van der Waals surface area contributed by atoms with Crippen LogP contribution in [-0.4, -0.2) is 50.4 Å². The number of carbonyl (C=O) groups is 2. The van der Waals surface area contributed by atoms with Gasteiger partial charge in [0.1, 0.15) is 4.90 Å². The SMILES string of the molecule is CN(C)S(=O)(=O)c1cc(NC(=O)COC(=O)c2ccc(CO)cc2)ccc1Cl. The van der Waals surface area contributed by atoms with E-state index >= 15 is 0 Å². The number of nitrogens with zero attached hydrogens (tertiary/aromatic N) is 1. The van der Waals surface area contributed by atoms with Crippen LogP contribution in [0.5, 0.6) is 0 Å². The molecule has 0 heterocycles. The molecule has 0 fully saturated rings. The molecule has 8 nitrogen and oxygen atoms in total. The van der Waals surface area contributed by atoms with Crippen LogP contribution in [-0.2, 0) is 26.2 Å². The van der Waals surface area contributed by atoms with Crippen molar-refractivity contribution in [2.75, 3.05) is 26.0 Å². The fraction of sp³-hybridized carbons (Fsp3) is 0.222. The highest BCUT2D eigenvalue weighted by Gasteiger charge is 2.21. The van der Waals surface area contributed by atoms with Crippen LogP contribution in [0.1, 0.15) is 15.9 Å². The number of rotatable bonds is 7. The van der Waals surface area contributed by atoms with Crippen LogP contribution in [0.2, 0.25) is 5.02 Å². The van der Waals surface area contributed by atoms with E-state index in [9.17, 15) is 18.0 Å². The summed E-state index contributed by atoms with van der Waals surface area (Å²) in [6.45, 7) is -0.705. The maximum absolute atomic E-state index is 12.3. The van der Waals surface area contributed by atoms with Crippen LogP contribution in [0, 0.1) is 0 Å². The van der Waals surface area contributed by atoms with Crippen molar-refractivity contribution in [3.05, 3.63) is 58.6 Å². The number of aliphatic hydroxyl groups is 1. The first-order valence-corrected chi connectivity index (χ1v) is 9.86. The molecule has 0 saturated carbocycles. The van der Waals surface area contributed by atoms with Gasteiger partial charge >= 0.3 is 5.97 Å². The van der Waals surface area contributed by atoms with Crippen LogP contribution in [0.4, 0.5) is 5.69 Å². The van der Waals surface area contributed by atoms with Gasteiger partial charge in [-0.1, -0.05) is 23.7 Å². The zero-order valence-corrected chi connectivity index (χ0v) is 16.7. The second kappa shape index (κ2) is 9.16. The maximum atomic E-state index is 12.3. The fourth-order valence-corrected chi connectivity index (χ4v) is 3.53. The molecule has 2 aromatic rings. The van der Waals surface area contributed by atoms with Gasteiger partial charge < -0.3 is 15.2 Å². The maximum Gasteiger partial charge on any atom is 0.338 e. The summed E-state index contributed by atoms with van der Waals surface area (Å²) < 4.78 is 30.4. The fourth-order valence-electron chi connectivity index (χ4n) is 2.13. The molecule has 0 spiro atoms. The van der Waals surface area contributed by atoms with Gasteiger partial charge in [-0.15, -0.1) is 0 Å². The standard InChI is InChI=1S/C18H19ClN2O6S/c1-21(2)28(25,26)16-9-14(7-8-15(16)19)20-17(23)11-27-18(24)13-5-3-12(10-22)4-6-13/h3-9,22H,10-11H2,1-2H3,(H,20,23). The summed E-state index contributed by atoms with van der Waals surface area (Å²) in [7, 11) is -1.06. The van der Waals surface area contributed by atoms with Gasteiger partial charge in [-0.2, -0.15) is 0 Å². The minimum atomic E-state index is -3.79. The van der Waals surface area contributed by atoms with Crippen molar-refractivity contribution in [1.82, 2.24) is 4.31 Å². The number of halogens is 1. The minimum Gasteiger partial charge on any atom is -0.452 e. The Morgan fingerprint density at radius 1 is 1.14 bits per heavy atom. The van der Waals surface area contributed by atoms with Crippen molar-refractivity contribution in [2.45, 2.75) is 11.5 Å². The van der Waals surface area contributed by atoms with E-state index in [1.165, 1.54) is 44.4 Å². The van der Waals surface area contributed by atoms with E-state index in [-0.39, 0.29) is 27.8 Å². The summed E-state index contributed by atoms with van der Waals surface area (Å²) in [5, 5.41) is 11.5. The van der Waals surface area contributed by atoms with E-state index in [1.54, 1.807) is 12.1 Å². The molecule has 0 radical (unpaired) electrons. The van der Waals surface area contributed by atoms with Crippen molar-refractivity contribution in [2.24, 2.45) is 0 Å². The topological polar surface area (TPSA) is 113 Å². The highest BCUT2D eigenvalue weighted by molar-refractivity contribution is 7.89. The summed E-state index contributed by atoms with van der Waals surface area (Å²) in [5.74, 6) is -1.34. The summed E-state index contributed by atoms with van der Waals surface area (Å²) in [6, 6.07) is 10.1. The number of aliphatic hydroxyl groups excluding tert-OH is 1. The Bertz CT molecular complexity index is 974. The van der Waals surface area contributed by atoms with Gasteiger partial charge in [0, 0.05) is 19.8 Å². The molecule has 0 unspecified atom stereocenters. The van der Waals surface area contributed by atoms with Crippen LogP contribution in [0.25, 0.3) is 0 Å². The van der Waals surface area contributed by atoms with Crippen molar-refractivity contribution in [1.29, 1.82) is 0 Å². The summed E-state index contributed by atoms with van der Waals surface area (Å²) >= 11 is 5.95. The molecule has 0 aliphatic carbocycles. The predicted molar refractivity (Wildman–Crippen MR) is 104 cm³/mol. The lowest BCUT2D eigenvalue weighted by Gasteiger charge is -2.14. The largest absolute Gasteiger partial charge is 0.452 e. The number of hydrogen-bond donors (Lipinski definition) is 2. The summed E-state index contributed by atoms with van der Waals surface area (Å²) in [5.41, 5.74) is 1.06. The lowest BCUT2D eigenvalue weighted by Crippen LogP contribution is -2.23. The van der Waals surface area contributed by atoms with Gasteiger partial charge in [0.15, 0.2) is 6.61 Å². The molecule has 0 bridgehead atoms. The van der Waals surface area contributed by atoms with Gasteiger partial charge in [0.25, 0.3) is 5.91 Å². The molecule has 28 heavy (non-hydrogen) atoms. The minimum absolute atomic E-state index is 0.0180. The predicted octanol–water partition coefficient (Wildman–Crippen LogP) is 1.88. The summed E-state index contributed by atoms with van der Waals surface area (Å²) in [6.07, 6.45) is 0. The lowest BCUT2D eigenvalue weighted by atomic mass is 10.1. The third-order valence-corrected chi connectivity index (χ3v) is 5.98. The number of hydrogen-bond acceptors (Lipinski definition) is 6. The van der Waals surface area contributed by atoms with E-state index in [2.05, 4.69) is 5.32 Å². The van der Waals surface area contributed by atoms with E-state index in [1.807, 2.05) is 0 Å². The number of esters is 1. The monoisotopic (exact) mass is 426 g/mol. The zero-order valence-electron chi connectivity index (χ0n) is 15.2. The first kappa shape index (κ1) is 21.8. The molecule has 1 amide bonds. The van der Waals surface area contributed by atoms with E-state index in [4.69, 9.17) is 21.4 Å². The molecule has 0 atom stereocenters. The number of amides is 1. The second-order valence-corrected chi connectivity index (χ2v) is 8.44. The Morgan fingerprint density at radius 2 is 1.79 bits per heavy atom. The quantitative estimate of drug-likeness (QED) is 0.653. The van der Waals surface area contributed by atoms with Gasteiger partial charge in [-0.25, -0.2) is 17.5 Å². The lowest BCUT2D eigenvalue weighted by molar-refractivity contribution is -0.119. The summed E-state index contributed by atoms with van der Waals surface area (Å²) in [4.78, 5) is 23.8. The molecule has 0 saturated heterocycles. The first-order chi connectivity index (χ1) is 13.1.